The molecule has 0 spiro atoms. The van der Waals surface area contributed by atoms with Gasteiger partial charge in [-0.15, -0.1) is 0 Å². The second-order valence-corrected chi connectivity index (χ2v) is 4.92. The van der Waals surface area contributed by atoms with Crippen LogP contribution in [0.2, 0.25) is 0 Å². The first-order chi connectivity index (χ1) is 10.2. The average Bonchev–Trinajstić information content (AvgIpc) is 2.88. The van der Waals surface area contributed by atoms with Crippen LogP contribution in [0, 0.1) is 5.82 Å². The van der Waals surface area contributed by atoms with Gasteiger partial charge in [0, 0.05) is 39.6 Å². The minimum absolute atomic E-state index is 0.195. The highest BCUT2D eigenvalue weighted by atomic mass is 19.1. The minimum atomic E-state index is -0.195. The smallest absolute Gasteiger partial charge is 0.191 e. The van der Waals surface area contributed by atoms with Gasteiger partial charge in [-0.25, -0.2) is 4.39 Å². The van der Waals surface area contributed by atoms with Crippen molar-refractivity contribution in [2.45, 2.75) is 13.0 Å². The summed E-state index contributed by atoms with van der Waals surface area (Å²) in [6.45, 7) is 1.43. The van der Waals surface area contributed by atoms with E-state index in [0.717, 1.165) is 24.5 Å². The molecular weight excluding hydrogens is 267 g/mol. The van der Waals surface area contributed by atoms with Crippen molar-refractivity contribution in [2.24, 2.45) is 12.0 Å². The lowest BCUT2D eigenvalue weighted by Gasteiger charge is -2.11. The first kappa shape index (κ1) is 15.1. The van der Waals surface area contributed by atoms with Crippen molar-refractivity contribution in [1.29, 1.82) is 0 Å². The van der Waals surface area contributed by atoms with Crippen LogP contribution < -0.4 is 10.6 Å². The molecule has 1 heterocycles. The van der Waals surface area contributed by atoms with Crippen LogP contribution in [0.4, 0.5) is 4.39 Å². The lowest BCUT2D eigenvalue weighted by atomic mass is 10.1. The second kappa shape index (κ2) is 7.47. The standard InChI is InChI=1S/C16H21FN4/c1-18-16(20-11-14-7-9-21(2)12-14)19-8-6-13-4-3-5-15(17)10-13/h3-5,7,9-10,12H,6,8,11H2,1-2H3,(H2,18,19,20). The van der Waals surface area contributed by atoms with Crippen LogP contribution in [0.15, 0.2) is 47.7 Å². The van der Waals surface area contributed by atoms with Gasteiger partial charge in [0.05, 0.1) is 0 Å². The first-order valence-corrected chi connectivity index (χ1v) is 6.97. The summed E-state index contributed by atoms with van der Waals surface area (Å²) < 4.78 is 15.1. The largest absolute Gasteiger partial charge is 0.357 e. The Morgan fingerprint density at radius 3 is 2.76 bits per heavy atom. The van der Waals surface area contributed by atoms with Gasteiger partial charge in [0.25, 0.3) is 0 Å². The molecular formula is C16H21FN4. The molecule has 0 fully saturated rings. The fourth-order valence-electron chi connectivity index (χ4n) is 2.09. The molecule has 2 N–H and O–H groups in total. The summed E-state index contributed by atoms with van der Waals surface area (Å²) in [4.78, 5) is 4.17. The predicted molar refractivity (Wildman–Crippen MR) is 83.7 cm³/mol. The van der Waals surface area contributed by atoms with Crippen LogP contribution in [-0.4, -0.2) is 24.1 Å². The number of aromatic nitrogens is 1. The number of hydrogen-bond acceptors (Lipinski definition) is 1. The maximum absolute atomic E-state index is 13.1. The zero-order chi connectivity index (χ0) is 15.1. The van der Waals surface area contributed by atoms with Crippen molar-refractivity contribution >= 4 is 5.96 Å². The molecule has 0 bridgehead atoms. The molecule has 0 saturated carbocycles. The Balaban J connectivity index is 1.75. The van der Waals surface area contributed by atoms with Crippen LogP contribution >= 0.6 is 0 Å². The highest BCUT2D eigenvalue weighted by Gasteiger charge is 2.00. The molecule has 0 saturated heterocycles. The van der Waals surface area contributed by atoms with Crippen molar-refractivity contribution < 1.29 is 4.39 Å². The monoisotopic (exact) mass is 288 g/mol. The van der Waals surface area contributed by atoms with Gasteiger partial charge in [-0.2, -0.15) is 0 Å². The summed E-state index contributed by atoms with van der Waals surface area (Å²) in [7, 11) is 3.73. The Bertz CT molecular complexity index is 604. The molecule has 2 rings (SSSR count). The van der Waals surface area contributed by atoms with E-state index in [1.165, 1.54) is 11.6 Å². The summed E-state index contributed by atoms with van der Waals surface area (Å²) in [6.07, 6.45) is 4.83. The molecule has 0 amide bonds. The van der Waals surface area contributed by atoms with E-state index in [4.69, 9.17) is 0 Å². The number of hydrogen-bond donors (Lipinski definition) is 2. The fraction of sp³-hybridized carbons (Fsp3) is 0.312. The van der Waals surface area contributed by atoms with Gasteiger partial charge in [0.2, 0.25) is 0 Å². The zero-order valence-corrected chi connectivity index (χ0v) is 12.4. The molecule has 21 heavy (non-hydrogen) atoms. The van der Waals surface area contributed by atoms with Gasteiger partial charge in [0.15, 0.2) is 5.96 Å². The predicted octanol–water partition coefficient (Wildman–Crippen LogP) is 2.07. The van der Waals surface area contributed by atoms with Gasteiger partial charge in [-0.1, -0.05) is 12.1 Å². The third-order valence-electron chi connectivity index (χ3n) is 3.17. The average molecular weight is 288 g/mol. The maximum Gasteiger partial charge on any atom is 0.191 e. The molecule has 0 unspecified atom stereocenters. The number of aliphatic imine (C=N–C) groups is 1. The summed E-state index contributed by atoms with van der Waals surface area (Å²) in [5.74, 6) is 0.550. The summed E-state index contributed by atoms with van der Waals surface area (Å²) in [5.41, 5.74) is 2.17. The highest BCUT2D eigenvalue weighted by molar-refractivity contribution is 5.79. The van der Waals surface area contributed by atoms with Crippen LogP contribution in [0.3, 0.4) is 0 Å². The topological polar surface area (TPSA) is 41.4 Å². The molecule has 0 aliphatic rings. The van der Waals surface area contributed by atoms with E-state index in [-0.39, 0.29) is 5.82 Å². The summed E-state index contributed by atoms with van der Waals surface area (Å²) in [6, 6.07) is 8.73. The van der Waals surface area contributed by atoms with E-state index in [1.807, 2.05) is 23.9 Å². The molecule has 0 radical (unpaired) electrons. The van der Waals surface area contributed by atoms with E-state index < -0.39 is 0 Å². The SMILES string of the molecule is CN=C(NCCc1cccc(F)c1)NCc1ccn(C)c1. The Morgan fingerprint density at radius 1 is 1.24 bits per heavy atom. The third kappa shape index (κ3) is 4.95. The number of aryl methyl sites for hydroxylation is 1. The number of guanidine groups is 1. The van der Waals surface area contributed by atoms with Crippen molar-refractivity contribution in [3.63, 3.8) is 0 Å². The van der Waals surface area contributed by atoms with E-state index in [1.54, 1.807) is 19.2 Å². The molecule has 112 valence electrons. The molecule has 1 aromatic carbocycles. The second-order valence-electron chi connectivity index (χ2n) is 4.92. The molecule has 1 aromatic heterocycles. The van der Waals surface area contributed by atoms with Crippen molar-refractivity contribution in [3.8, 4) is 0 Å². The molecule has 4 nitrogen and oxygen atoms in total. The minimum Gasteiger partial charge on any atom is -0.357 e. The van der Waals surface area contributed by atoms with Crippen LogP contribution in [-0.2, 0) is 20.0 Å². The van der Waals surface area contributed by atoms with E-state index in [2.05, 4.69) is 27.9 Å². The van der Waals surface area contributed by atoms with Gasteiger partial charge >= 0.3 is 0 Å². The molecule has 0 aliphatic carbocycles. The number of benzene rings is 1. The van der Waals surface area contributed by atoms with E-state index in [0.29, 0.717) is 6.54 Å². The van der Waals surface area contributed by atoms with Crippen LogP contribution in [0.25, 0.3) is 0 Å². The molecule has 5 heteroatoms. The Labute approximate surface area is 124 Å². The van der Waals surface area contributed by atoms with Crippen molar-refractivity contribution in [1.82, 2.24) is 15.2 Å². The lowest BCUT2D eigenvalue weighted by Crippen LogP contribution is -2.37. The quantitative estimate of drug-likeness (QED) is 0.653. The van der Waals surface area contributed by atoms with Crippen LogP contribution in [0.1, 0.15) is 11.1 Å². The van der Waals surface area contributed by atoms with Gasteiger partial charge in [0.1, 0.15) is 5.82 Å². The number of halogens is 1. The number of rotatable bonds is 5. The number of nitrogens with zero attached hydrogens (tertiary/aromatic N) is 2. The normalized spacial score (nSPS) is 11.5. The third-order valence-corrected chi connectivity index (χ3v) is 3.17. The van der Waals surface area contributed by atoms with E-state index >= 15 is 0 Å². The van der Waals surface area contributed by atoms with Crippen molar-refractivity contribution in [2.75, 3.05) is 13.6 Å². The fourth-order valence-corrected chi connectivity index (χ4v) is 2.09. The maximum atomic E-state index is 13.1. The van der Waals surface area contributed by atoms with Crippen molar-refractivity contribution in [3.05, 3.63) is 59.7 Å². The zero-order valence-electron chi connectivity index (χ0n) is 12.4. The number of nitrogens with one attached hydrogen (secondary N) is 2. The molecule has 0 aliphatic heterocycles. The lowest BCUT2D eigenvalue weighted by molar-refractivity contribution is 0.625. The highest BCUT2D eigenvalue weighted by Crippen LogP contribution is 2.03. The summed E-state index contributed by atoms with van der Waals surface area (Å²) >= 11 is 0. The molecule has 2 aromatic rings. The Kier molecular flexibility index (Phi) is 5.37. The van der Waals surface area contributed by atoms with Gasteiger partial charge in [-0.05, 0) is 35.7 Å². The first-order valence-electron chi connectivity index (χ1n) is 6.97. The Hall–Kier alpha value is -2.30. The van der Waals surface area contributed by atoms with Crippen LogP contribution in [0.5, 0.6) is 0 Å². The molecule has 0 atom stereocenters. The van der Waals surface area contributed by atoms with E-state index in [9.17, 15) is 4.39 Å². The van der Waals surface area contributed by atoms with Gasteiger partial charge < -0.3 is 15.2 Å². The summed E-state index contributed by atoms with van der Waals surface area (Å²) in [5, 5.41) is 6.47. The Morgan fingerprint density at radius 2 is 2.10 bits per heavy atom. The van der Waals surface area contributed by atoms with Gasteiger partial charge in [-0.3, -0.25) is 4.99 Å².